The zero-order valence-corrected chi connectivity index (χ0v) is 11.2. The molecule has 2 aromatic heterocycles. The molecular weight excluding hydrogens is 238 g/mol. The maximum atomic E-state index is 4.53. The van der Waals surface area contributed by atoms with Crippen LogP contribution in [-0.4, -0.2) is 25.8 Å². The van der Waals surface area contributed by atoms with Gasteiger partial charge in [-0.05, 0) is 18.6 Å². The summed E-state index contributed by atoms with van der Waals surface area (Å²) in [5.41, 5.74) is 1.08. The van der Waals surface area contributed by atoms with Crippen molar-refractivity contribution in [2.24, 2.45) is 0 Å². The van der Waals surface area contributed by atoms with Crippen LogP contribution in [0.15, 0.2) is 24.4 Å². The minimum Gasteiger partial charge on any atom is -0.307 e. The minimum atomic E-state index is 0.459. The Morgan fingerprint density at radius 2 is 2.37 bits per heavy atom. The molecule has 0 fully saturated rings. The Balaban J connectivity index is 1.59. The highest BCUT2D eigenvalue weighted by Crippen LogP contribution is 2.13. The lowest BCUT2D eigenvalue weighted by Crippen LogP contribution is -2.37. The zero-order valence-electron chi connectivity index (χ0n) is 11.2. The van der Waals surface area contributed by atoms with Crippen molar-refractivity contribution >= 4 is 0 Å². The predicted molar refractivity (Wildman–Crippen MR) is 72.6 cm³/mol. The molecule has 100 valence electrons. The summed E-state index contributed by atoms with van der Waals surface area (Å²) in [4.78, 5) is 8.86. The van der Waals surface area contributed by atoms with Crippen molar-refractivity contribution in [1.82, 2.24) is 25.1 Å². The van der Waals surface area contributed by atoms with Crippen molar-refractivity contribution in [2.45, 2.75) is 45.3 Å². The fraction of sp³-hybridized carbons (Fsp3) is 0.500. The van der Waals surface area contributed by atoms with Crippen LogP contribution < -0.4 is 5.32 Å². The molecule has 0 radical (unpaired) electrons. The van der Waals surface area contributed by atoms with Crippen LogP contribution in [0.25, 0.3) is 0 Å². The molecule has 0 amide bonds. The van der Waals surface area contributed by atoms with Gasteiger partial charge in [-0.3, -0.25) is 4.98 Å². The molecule has 0 bridgehead atoms. The lowest BCUT2D eigenvalue weighted by atomic mass is 10.1. The number of aryl methyl sites for hydroxylation is 2. The van der Waals surface area contributed by atoms with E-state index < -0.39 is 0 Å². The first-order chi connectivity index (χ1) is 9.35. The summed E-state index contributed by atoms with van der Waals surface area (Å²) in [6, 6.07) is 6.47. The van der Waals surface area contributed by atoms with Crippen LogP contribution >= 0.6 is 0 Å². The van der Waals surface area contributed by atoms with Gasteiger partial charge < -0.3 is 5.32 Å². The molecule has 0 aromatic carbocycles. The molecule has 19 heavy (non-hydrogen) atoms. The first kappa shape index (κ1) is 12.3. The molecule has 5 heteroatoms. The lowest BCUT2D eigenvalue weighted by Gasteiger charge is -2.23. The van der Waals surface area contributed by atoms with Crippen molar-refractivity contribution in [3.05, 3.63) is 41.7 Å². The van der Waals surface area contributed by atoms with Crippen molar-refractivity contribution in [3.8, 4) is 0 Å². The van der Waals surface area contributed by atoms with E-state index in [1.807, 2.05) is 24.4 Å². The van der Waals surface area contributed by atoms with Crippen LogP contribution in [0.4, 0.5) is 0 Å². The van der Waals surface area contributed by atoms with Gasteiger partial charge in [0.2, 0.25) is 0 Å². The number of nitrogens with one attached hydrogen (secondary N) is 1. The second-order valence-corrected chi connectivity index (χ2v) is 4.92. The third-order valence-corrected chi connectivity index (χ3v) is 3.52. The van der Waals surface area contributed by atoms with Gasteiger partial charge in [0.15, 0.2) is 5.82 Å². The average Bonchev–Trinajstić information content (AvgIpc) is 2.88. The Labute approximate surface area is 113 Å². The molecule has 0 spiro atoms. The fourth-order valence-corrected chi connectivity index (χ4v) is 2.43. The lowest BCUT2D eigenvalue weighted by molar-refractivity contribution is 0.356. The van der Waals surface area contributed by atoms with E-state index >= 15 is 0 Å². The third kappa shape index (κ3) is 2.81. The number of rotatable bonds is 4. The van der Waals surface area contributed by atoms with Gasteiger partial charge >= 0.3 is 0 Å². The van der Waals surface area contributed by atoms with E-state index in [1.54, 1.807) is 0 Å². The van der Waals surface area contributed by atoms with Crippen molar-refractivity contribution in [2.75, 3.05) is 0 Å². The van der Waals surface area contributed by atoms with Crippen molar-refractivity contribution < 1.29 is 0 Å². The average molecular weight is 257 g/mol. The van der Waals surface area contributed by atoms with E-state index in [4.69, 9.17) is 0 Å². The highest BCUT2D eigenvalue weighted by atomic mass is 15.4. The Hall–Kier alpha value is -1.75. The number of nitrogens with zero attached hydrogens (tertiary/aromatic N) is 4. The van der Waals surface area contributed by atoms with E-state index in [9.17, 15) is 0 Å². The smallest absolute Gasteiger partial charge is 0.150 e. The van der Waals surface area contributed by atoms with Crippen LogP contribution in [0, 0.1) is 0 Å². The largest absolute Gasteiger partial charge is 0.307 e. The summed E-state index contributed by atoms with van der Waals surface area (Å²) in [5, 5.41) is 8.08. The molecule has 1 atom stereocenters. The second-order valence-electron chi connectivity index (χ2n) is 4.92. The molecule has 1 aliphatic rings. The summed E-state index contributed by atoms with van der Waals surface area (Å²) >= 11 is 0. The highest BCUT2D eigenvalue weighted by Gasteiger charge is 2.20. The molecule has 2 aromatic rings. The van der Waals surface area contributed by atoms with Gasteiger partial charge in [0.25, 0.3) is 0 Å². The Bertz CT molecular complexity index is 534. The van der Waals surface area contributed by atoms with Gasteiger partial charge in [-0.15, -0.1) is 0 Å². The van der Waals surface area contributed by atoms with Gasteiger partial charge in [0, 0.05) is 31.6 Å². The molecule has 3 rings (SSSR count). The van der Waals surface area contributed by atoms with E-state index in [2.05, 4.69) is 32.0 Å². The summed E-state index contributed by atoms with van der Waals surface area (Å²) in [6.45, 7) is 3.82. The summed E-state index contributed by atoms with van der Waals surface area (Å²) < 4.78 is 2.05. The molecule has 3 heterocycles. The third-order valence-electron chi connectivity index (χ3n) is 3.52. The van der Waals surface area contributed by atoms with Gasteiger partial charge in [0.1, 0.15) is 5.82 Å². The minimum absolute atomic E-state index is 0.459. The standard InChI is InChI=1S/C14H19N5/c1-2-13-17-14-7-6-12(10-19(14)18-13)16-9-11-5-3-4-8-15-11/h3-5,8,12,16H,2,6-7,9-10H2,1H3. The molecule has 1 unspecified atom stereocenters. The maximum Gasteiger partial charge on any atom is 0.150 e. The van der Waals surface area contributed by atoms with Crippen molar-refractivity contribution in [1.29, 1.82) is 0 Å². The van der Waals surface area contributed by atoms with E-state index in [0.29, 0.717) is 6.04 Å². The molecule has 0 saturated heterocycles. The molecule has 1 N–H and O–H groups in total. The van der Waals surface area contributed by atoms with E-state index in [1.165, 1.54) is 0 Å². The number of hydrogen-bond donors (Lipinski definition) is 1. The van der Waals surface area contributed by atoms with Crippen LogP contribution in [0.2, 0.25) is 0 Å². The molecular formula is C14H19N5. The Morgan fingerprint density at radius 1 is 1.42 bits per heavy atom. The molecule has 1 aliphatic heterocycles. The number of aromatic nitrogens is 4. The van der Waals surface area contributed by atoms with Crippen LogP contribution in [0.1, 0.15) is 30.7 Å². The number of pyridine rings is 1. The molecule has 5 nitrogen and oxygen atoms in total. The Morgan fingerprint density at radius 3 is 3.16 bits per heavy atom. The molecule has 0 aliphatic carbocycles. The fourth-order valence-electron chi connectivity index (χ4n) is 2.43. The summed E-state index contributed by atoms with van der Waals surface area (Å²) in [6.07, 6.45) is 4.87. The van der Waals surface area contributed by atoms with Gasteiger partial charge in [0.05, 0.1) is 12.2 Å². The first-order valence-electron chi connectivity index (χ1n) is 6.91. The van der Waals surface area contributed by atoms with Gasteiger partial charge in [-0.1, -0.05) is 13.0 Å². The molecule has 0 saturated carbocycles. The highest BCUT2D eigenvalue weighted by molar-refractivity contribution is 5.04. The first-order valence-corrected chi connectivity index (χ1v) is 6.91. The monoisotopic (exact) mass is 257 g/mol. The van der Waals surface area contributed by atoms with Crippen LogP contribution in [-0.2, 0) is 25.9 Å². The zero-order chi connectivity index (χ0) is 13.1. The van der Waals surface area contributed by atoms with Crippen molar-refractivity contribution in [3.63, 3.8) is 0 Å². The quantitative estimate of drug-likeness (QED) is 0.898. The normalized spacial score (nSPS) is 18.3. The Kier molecular flexibility index (Phi) is 3.55. The summed E-state index contributed by atoms with van der Waals surface area (Å²) in [7, 11) is 0. The maximum absolute atomic E-state index is 4.53. The SMILES string of the molecule is CCc1nc2n(n1)CC(NCc1ccccn1)CC2. The van der Waals surface area contributed by atoms with E-state index in [-0.39, 0.29) is 0 Å². The number of hydrogen-bond acceptors (Lipinski definition) is 4. The topological polar surface area (TPSA) is 55.6 Å². The summed E-state index contributed by atoms with van der Waals surface area (Å²) in [5.74, 6) is 2.09. The van der Waals surface area contributed by atoms with E-state index in [0.717, 1.165) is 49.7 Å². The van der Waals surface area contributed by atoms with Gasteiger partial charge in [-0.25, -0.2) is 9.67 Å². The van der Waals surface area contributed by atoms with Gasteiger partial charge in [-0.2, -0.15) is 5.10 Å². The van der Waals surface area contributed by atoms with Crippen LogP contribution in [0.3, 0.4) is 0 Å². The second kappa shape index (κ2) is 5.48. The van der Waals surface area contributed by atoms with Crippen LogP contribution in [0.5, 0.6) is 0 Å². The number of fused-ring (bicyclic) bond motifs is 1. The predicted octanol–water partition coefficient (Wildman–Crippen LogP) is 1.34.